The van der Waals surface area contributed by atoms with Gasteiger partial charge in [0.05, 0.1) is 14.8 Å². The first-order valence-corrected chi connectivity index (χ1v) is 49.1. The van der Waals surface area contributed by atoms with Crippen molar-refractivity contribution >= 4 is 207 Å². The number of aromatic nitrogens is 4. The maximum Gasteiger partial charge on any atom is 1.00 e. The quantitative estimate of drug-likeness (QED) is 0.00997. The van der Waals surface area contributed by atoms with Crippen molar-refractivity contribution in [1.29, 1.82) is 0 Å². The van der Waals surface area contributed by atoms with Crippen LogP contribution in [-0.4, -0.2) is 57.2 Å². The molecule has 0 bridgehead atoms. The minimum absolute atomic E-state index is 0. The van der Waals surface area contributed by atoms with Crippen molar-refractivity contribution < 1.29 is 105 Å². The number of carbonyl (C=O) groups is 1. The predicted octanol–water partition coefficient (Wildman–Crippen LogP) is 15.6. The second-order valence-electron chi connectivity index (χ2n) is 27.2. The molecule has 0 aliphatic carbocycles. The molecule has 0 atom stereocenters. The van der Waals surface area contributed by atoms with E-state index in [0.717, 1.165) is 25.1 Å². The summed E-state index contributed by atoms with van der Waals surface area (Å²) in [5.41, 5.74) is 2.40. The van der Waals surface area contributed by atoms with Crippen LogP contribution in [0.4, 0.5) is 0 Å². The van der Waals surface area contributed by atoms with E-state index in [1.54, 1.807) is 35.9 Å². The first kappa shape index (κ1) is 106. The summed E-state index contributed by atoms with van der Waals surface area (Å²) in [6, 6.07) is 146. The van der Waals surface area contributed by atoms with Crippen LogP contribution in [0.1, 0.15) is 29.1 Å². The van der Waals surface area contributed by atoms with Crippen LogP contribution in [-0.2, 0) is 39.4 Å². The van der Waals surface area contributed by atoms with Gasteiger partial charge in [0.1, 0.15) is 10.3 Å². The fourth-order valence-corrected chi connectivity index (χ4v) is 23.7. The maximum absolute atomic E-state index is 8.64. The van der Waals surface area contributed by atoms with Crippen LogP contribution < -0.4 is 133 Å². The van der Waals surface area contributed by atoms with Gasteiger partial charge in [-0.15, -0.1) is 23.5 Å². The summed E-state index contributed by atoms with van der Waals surface area (Å²) in [5.74, 6) is 0. The Morgan fingerprint density at radius 3 is 0.768 bits per heavy atom. The van der Waals surface area contributed by atoms with Gasteiger partial charge in [-0.1, -0.05) is 424 Å². The van der Waals surface area contributed by atoms with Gasteiger partial charge in [-0.3, -0.25) is 4.79 Å². The third-order valence-corrected chi connectivity index (χ3v) is 32.1. The molecule has 1 fully saturated rings. The average molecular weight is 2060 g/mol. The number of nitrogens with zero attached hydrogens (tertiary/aromatic N) is 4. The van der Waals surface area contributed by atoms with Crippen molar-refractivity contribution in [1.82, 2.24) is 19.9 Å². The molecule has 24 heteroatoms. The Kier molecular flexibility index (Phi) is 48.7. The van der Waals surface area contributed by atoms with Crippen molar-refractivity contribution in [3.8, 4) is 11.1 Å². The van der Waals surface area contributed by atoms with Crippen molar-refractivity contribution in [2.45, 2.75) is 48.7 Å². The molecular weight excluding hydrogens is 1970 g/mol. The number of carbonyl (C=O) groups excluding carboxylic acids is 1. The zero-order valence-corrected chi connectivity index (χ0v) is 86.2. The summed E-state index contributed by atoms with van der Waals surface area (Å²) >= 11 is 28.1. The molecular formula is C101H90BCl4IN4Na2O5P4PdS2. The number of hydrogen-bond acceptors (Lipinski definition) is 11. The van der Waals surface area contributed by atoms with Crippen LogP contribution >= 0.6 is 124 Å². The predicted molar refractivity (Wildman–Crippen MR) is 537 cm³/mol. The topological polar surface area (TPSA) is 119 Å². The van der Waals surface area contributed by atoms with E-state index in [2.05, 4.69) is 435 Å². The van der Waals surface area contributed by atoms with Crippen molar-refractivity contribution in [3.05, 3.63) is 449 Å². The molecule has 125 heavy (non-hydrogen) atoms. The molecule has 16 aromatic rings. The van der Waals surface area contributed by atoms with Gasteiger partial charge in [0, 0.05) is 48.2 Å². The molecule has 0 radical (unpaired) electrons. The molecule has 1 aliphatic rings. The molecule has 0 N–H and O–H groups in total. The molecule has 0 saturated carbocycles. The summed E-state index contributed by atoms with van der Waals surface area (Å²) in [6.45, 7) is 8.13. The number of rotatable bonds is 17. The first-order chi connectivity index (χ1) is 59.5. The van der Waals surface area contributed by atoms with Gasteiger partial charge >= 0.3 is 66.2 Å². The Morgan fingerprint density at radius 2 is 0.552 bits per heavy atom. The summed E-state index contributed by atoms with van der Waals surface area (Å²) < 4.78 is 12.9. The third-order valence-electron chi connectivity index (χ3n) is 18.6. The molecule has 9 nitrogen and oxygen atoms in total. The van der Waals surface area contributed by atoms with E-state index in [-0.39, 0.29) is 116 Å². The SMILES string of the molecule is CSc1ccccc1-c1cnc(Cl)nc1Cl.CSc1ccccc1B1OC(C)(C)C(C)(C)O1.Clc1ncc(I)c(Cl)n1.O=CO[O-].[H-].[Na+].[Na+].[Pd].c1ccc(P(c2ccccc2)c2ccccc2)cc1.c1ccc(P(c2ccccc2)c2ccccc2)cc1.c1ccc(P(c2ccccc2)c2ccccc2)cc1.c1ccc(P(c2ccccc2)c2ccccc2)cc1. The number of hydrogen-bond donors (Lipinski definition) is 0. The zero-order valence-electron chi connectivity index (χ0n) is 71.2. The van der Waals surface area contributed by atoms with Gasteiger partial charge in [-0.05, 0) is 204 Å². The van der Waals surface area contributed by atoms with Crippen molar-refractivity contribution in [2.24, 2.45) is 0 Å². The van der Waals surface area contributed by atoms with E-state index in [9.17, 15) is 0 Å². The van der Waals surface area contributed by atoms with Gasteiger partial charge < -0.3 is 20.9 Å². The summed E-state index contributed by atoms with van der Waals surface area (Å²) in [5, 5.41) is 26.3. The van der Waals surface area contributed by atoms with Crippen LogP contribution in [0.5, 0.6) is 0 Å². The van der Waals surface area contributed by atoms with Crippen molar-refractivity contribution in [2.75, 3.05) is 12.5 Å². The molecule has 17 rings (SSSR count). The van der Waals surface area contributed by atoms with E-state index >= 15 is 0 Å². The Balaban J connectivity index is 0.000000226. The van der Waals surface area contributed by atoms with Gasteiger partial charge in [-0.2, -0.15) is 0 Å². The van der Waals surface area contributed by atoms with E-state index in [1.165, 1.54) is 68.5 Å². The van der Waals surface area contributed by atoms with E-state index in [1.807, 2.05) is 65.2 Å². The fraction of sp³-hybridized carbons (Fsp3) is 0.0792. The monoisotopic (exact) mass is 2060 g/mol. The van der Waals surface area contributed by atoms with Gasteiger partial charge in [-0.25, -0.2) is 19.9 Å². The van der Waals surface area contributed by atoms with E-state index in [4.69, 9.17) is 65.8 Å². The third kappa shape index (κ3) is 33.2. The molecule has 3 heterocycles. The van der Waals surface area contributed by atoms with E-state index < -0.39 is 31.7 Å². The molecule has 0 amide bonds. The Bertz CT molecular complexity index is 4860. The average Bonchev–Trinajstić information content (AvgIpc) is 1.59. The standard InChI is InChI=1S/4C18H15P.C13H19BO2S.C11H8Cl2N2S.C4HCl2IN2.CH2O3.2Na.Pd.H/c4*1-4-10-16(11-5-1)19(17-12-6-2-7-13-17)18-14-8-3-9-15-18;1-12(2)13(3,4)16-14(15-12)10-8-6-7-9-11(10)17-5;1-16-9-5-3-2-4-7(9)8-6-14-11(13)15-10(8)12;5-3-2(7)1-8-4(6)9-3;2-1-4-3;;;;/h4*1-15H;6-9H,1-5H3;2-6H,1H3;1H;1,3H;;;;/q;;;;;;;;2*+1;;-1/p-1. The number of benzene rings is 14. The maximum atomic E-state index is 8.64. The molecule has 14 aromatic carbocycles. The van der Waals surface area contributed by atoms with Crippen LogP contribution in [0.15, 0.2) is 435 Å². The number of thioether (sulfide) groups is 2. The summed E-state index contributed by atoms with van der Waals surface area (Å²) in [7, 11) is -2.04. The zero-order chi connectivity index (χ0) is 86.2. The summed E-state index contributed by atoms with van der Waals surface area (Å²) in [6.07, 6.45) is 7.30. The van der Waals surface area contributed by atoms with Gasteiger partial charge in [0.15, 0.2) is 0 Å². The molecule has 1 aliphatic heterocycles. The van der Waals surface area contributed by atoms with Crippen LogP contribution in [0.2, 0.25) is 20.9 Å². The molecule has 1 saturated heterocycles. The van der Waals surface area contributed by atoms with Crippen molar-refractivity contribution in [3.63, 3.8) is 0 Å². The summed E-state index contributed by atoms with van der Waals surface area (Å²) in [4.78, 5) is 28.9. The molecule has 2 aromatic heterocycles. The van der Waals surface area contributed by atoms with Crippen LogP contribution in [0.3, 0.4) is 0 Å². The van der Waals surface area contributed by atoms with E-state index in [0.29, 0.717) is 10.3 Å². The molecule has 626 valence electrons. The second kappa shape index (κ2) is 57.6. The second-order valence-corrected chi connectivity index (χ2v) is 40.3. The van der Waals surface area contributed by atoms with Gasteiger partial charge in [0.2, 0.25) is 10.6 Å². The van der Waals surface area contributed by atoms with Crippen LogP contribution in [0.25, 0.3) is 11.1 Å². The molecule has 0 spiro atoms. The van der Waals surface area contributed by atoms with Gasteiger partial charge in [0.25, 0.3) is 6.47 Å². The Morgan fingerprint density at radius 1 is 0.344 bits per heavy atom. The fourth-order valence-electron chi connectivity index (χ4n) is 12.3. The minimum atomic E-state index is -0.446. The number of halogens is 5. The Hall–Kier alpha value is -6.37. The Labute approximate surface area is 843 Å². The minimum Gasteiger partial charge on any atom is -1.00 e. The molecule has 0 unspecified atom stereocenters. The normalized spacial score (nSPS) is 11.6. The first-order valence-electron chi connectivity index (χ1n) is 38.7. The smallest absolute Gasteiger partial charge is 1.00 e. The van der Waals surface area contributed by atoms with Crippen LogP contribution in [0, 0.1) is 3.57 Å². The largest absolute Gasteiger partial charge is 1.00 e.